The molecular formula is C18H22BrF3O. The Bertz CT molecular complexity index is 580. The van der Waals surface area contributed by atoms with Gasteiger partial charge in [-0.1, -0.05) is 42.3 Å². The lowest BCUT2D eigenvalue weighted by atomic mass is 9.75. The van der Waals surface area contributed by atoms with Crippen LogP contribution in [-0.2, 0) is 0 Å². The first-order chi connectivity index (χ1) is 10.9. The summed E-state index contributed by atoms with van der Waals surface area (Å²) in [6.07, 6.45) is 4.92. The van der Waals surface area contributed by atoms with Crippen LogP contribution in [-0.4, -0.2) is 5.11 Å². The molecule has 0 aliphatic heterocycles. The van der Waals surface area contributed by atoms with E-state index in [9.17, 15) is 18.3 Å². The van der Waals surface area contributed by atoms with Crippen LogP contribution in [0.1, 0.15) is 57.1 Å². The number of hydrogen-bond acceptors (Lipinski definition) is 1. The highest BCUT2D eigenvalue weighted by molar-refractivity contribution is 9.10. The largest absolute Gasteiger partial charge is 0.384 e. The molecule has 1 unspecified atom stereocenters. The first-order valence-electron chi connectivity index (χ1n) is 8.06. The molecule has 1 saturated carbocycles. The molecule has 1 aliphatic rings. The minimum Gasteiger partial charge on any atom is -0.384 e. The zero-order valence-electron chi connectivity index (χ0n) is 13.2. The van der Waals surface area contributed by atoms with Crippen molar-refractivity contribution in [3.63, 3.8) is 0 Å². The van der Waals surface area contributed by atoms with Crippen molar-refractivity contribution < 1.29 is 18.3 Å². The second-order valence-electron chi connectivity index (χ2n) is 6.37. The molecule has 0 amide bonds. The average Bonchev–Trinajstić information content (AvgIpc) is 2.53. The average molecular weight is 391 g/mol. The molecule has 1 atom stereocenters. The lowest BCUT2D eigenvalue weighted by Gasteiger charge is -2.31. The van der Waals surface area contributed by atoms with Gasteiger partial charge in [0.2, 0.25) is 0 Å². The Labute approximate surface area is 143 Å². The molecule has 1 aromatic carbocycles. The Morgan fingerprint density at radius 2 is 1.87 bits per heavy atom. The second kappa shape index (κ2) is 7.84. The molecule has 128 valence electrons. The van der Waals surface area contributed by atoms with Crippen LogP contribution < -0.4 is 0 Å². The summed E-state index contributed by atoms with van der Waals surface area (Å²) >= 11 is 3.01. The van der Waals surface area contributed by atoms with E-state index in [0.29, 0.717) is 11.5 Å². The van der Waals surface area contributed by atoms with Crippen molar-refractivity contribution in [2.75, 3.05) is 0 Å². The fourth-order valence-electron chi connectivity index (χ4n) is 3.47. The molecule has 0 saturated heterocycles. The van der Waals surface area contributed by atoms with Crippen LogP contribution in [0.15, 0.2) is 22.7 Å². The van der Waals surface area contributed by atoms with Gasteiger partial charge >= 0.3 is 0 Å². The molecule has 1 aliphatic carbocycles. The Balaban J connectivity index is 2.14. The summed E-state index contributed by atoms with van der Waals surface area (Å²) in [5.41, 5.74) is 0.204. The normalized spacial score (nSPS) is 22.9. The van der Waals surface area contributed by atoms with Crippen LogP contribution in [0.3, 0.4) is 0 Å². The predicted molar refractivity (Wildman–Crippen MR) is 88.5 cm³/mol. The van der Waals surface area contributed by atoms with Crippen molar-refractivity contribution in [2.45, 2.75) is 51.6 Å². The van der Waals surface area contributed by atoms with Crippen LogP contribution in [0, 0.1) is 29.3 Å². The summed E-state index contributed by atoms with van der Waals surface area (Å²) in [5, 5.41) is 10.4. The molecule has 1 fully saturated rings. The fourth-order valence-corrected chi connectivity index (χ4v) is 4.06. The van der Waals surface area contributed by atoms with E-state index < -0.39 is 23.6 Å². The third kappa shape index (κ3) is 4.00. The number of benzene rings is 1. The number of aliphatic hydroxyl groups is 1. The first kappa shape index (κ1) is 18.5. The molecule has 5 heteroatoms. The third-order valence-corrected chi connectivity index (χ3v) is 5.50. The van der Waals surface area contributed by atoms with Crippen molar-refractivity contribution in [3.8, 4) is 0 Å². The summed E-state index contributed by atoms with van der Waals surface area (Å²) in [6, 6.07) is 0.836. The van der Waals surface area contributed by atoms with E-state index in [1.807, 2.05) is 0 Å². The summed E-state index contributed by atoms with van der Waals surface area (Å²) in [7, 11) is 0. The maximum atomic E-state index is 14.0. The Hall–Kier alpha value is -0.810. The van der Waals surface area contributed by atoms with Crippen LogP contribution in [0.5, 0.6) is 0 Å². The van der Waals surface area contributed by atoms with Crippen molar-refractivity contribution >= 4 is 15.9 Å². The fraction of sp³-hybridized carbons (Fsp3) is 0.556. The van der Waals surface area contributed by atoms with E-state index >= 15 is 0 Å². The maximum Gasteiger partial charge on any atom is 0.194 e. The Morgan fingerprint density at radius 3 is 2.43 bits per heavy atom. The number of halogens is 4. The molecule has 0 spiro atoms. The van der Waals surface area contributed by atoms with Gasteiger partial charge in [-0.15, -0.1) is 0 Å². The van der Waals surface area contributed by atoms with Gasteiger partial charge in [-0.2, -0.15) is 0 Å². The lowest BCUT2D eigenvalue weighted by molar-refractivity contribution is 0.177. The van der Waals surface area contributed by atoms with Gasteiger partial charge in [-0.25, -0.2) is 13.2 Å². The van der Waals surface area contributed by atoms with E-state index in [0.717, 1.165) is 38.2 Å². The molecule has 0 aromatic heterocycles. The smallest absolute Gasteiger partial charge is 0.194 e. The zero-order chi connectivity index (χ0) is 17.1. The summed E-state index contributed by atoms with van der Waals surface area (Å²) < 4.78 is 40.7. The van der Waals surface area contributed by atoms with Crippen molar-refractivity contribution in [1.29, 1.82) is 0 Å². The number of aliphatic hydroxyl groups excluding tert-OH is 1. The molecular weight excluding hydrogens is 369 g/mol. The van der Waals surface area contributed by atoms with Crippen LogP contribution in [0.4, 0.5) is 13.2 Å². The van der Waals surface area contributed by atoms with E-state index in [1.165, 1.54) is 6.42 Å². The second-order valence-corrected chi connectivity index (χ2v) is 7.22. The van der Waals surface area contributed by atoms with Gasteiger partial charge in [-0.05, 0) is 49.2 Å². The summed E-state index contributed by atoms with van der Waals surface area (Å²) in [4.78, 5) is 0. The molecule has 0 bridgehead atoms. The van der Waals surface area contributed by atoms with E-state index in [-0.39, 0.29) is 16.0 Å². The Morgan fingerprint density at radius 1 is 1.26 bits per heavy atom. The van der Waals surface area contributed by atoms with E-state index in [4.69, 9.17) is 0 Å². The van der Waals surface area contributed by atoms with E-state index in [2.05, 4.69) is 29.4 Å². The first-order valence-corrected chi connectivity index (χ1v) is 8.85. The highest BCUT2D eigenvalue weighted by Gasteiger charge is 2.30. The van der Waals surface area contributed by atoms with Crippen molar-refractivity contribution in [3.05, 3.63) is 45.7 Å². The van der Waals surface area contributed by atoms with Gasteiger partial charge in [0, 0.05) is 10.0 Å². The van der Waals surface area contributed by atoms with Gasteiger partial charge < -0.3 is 5.11 Å². The van der Waals surface area contributed by atoms with Gasteiger partial charge in [0.1, 0.15) is 6.10 Å². The molecule has 2 rings (SSSR count). The van der Waals surface area contributed by atoms with Crippen LogP contribution in [0.2, 0.25) is 0 Å². The molecule has 1 nitrogen and oxygen atoms in total. The lowest BCUT2D eigenvalue weighted by Crippen LogP contribution is -2.20. The van der Waals surface area contributed by atoms with Crippen LogP contribution >= 0.6 is 15.9 Å². The SMILES string of the molecule is C=C(C1CCC(CCC)CC1)C(O)c1c(Br)cc(F)c(F)c1F. The molecule has 1 aromatic rings. The molecule has 0 heterocycles. The molecule has 0 radical (unpaired) electrons. The summed E-state index contributed by atoms with van der Waals surface area (Å²) in [5.74, 6) is -3.42. The van der Waals surface area contributed by atoms with Crippen LogP contribution in [0.25, 0.3) is 0 Å². The van der Waals surface area contributed by atoms with Gasteiger partial charge in [-0.3, -0.25) is 0 Å². The Kier molecular flexibility index (Phi) is 6.32. The zero-order valence-corrected chi connectivity index (χ0v) is 14.8. The third-order valence-electron chi connectivity index (χ3n) is 4.84. The number of rotatable bonds is 5. The summed E-state index contributed by atoms with van der Waals surface area (Å²) in [6.45, 7) is 6.07. The quantitative estimate of drug-likeness (QED) is 0.367. The van der Waals surface area contributed by atoms with E-state index in [1.54, 1.807) is 0 Å². The predicted octanol–water partition coefficient (Wildman–Crippen LogP) is 6.06. The molecule has 23 heavy (non-hydrogen) atoms. The monoisotopic (exact) mass is 390 g/mol. The van der Waals surface area contributed by atoms with Gasteiger partial charge in [0.25, 0.3) is 0 Å². The number of hydrogen-bond donors (Lipinski definition) is 1. The highest BCUT2D eigenvalue weighted by atomic mass is 79.9. The minimum absolute atomic E-state index is 0.0159. The topological polar surface area (TPSA) is 20.2 Å². The molecule has 1 N–H and O–H groups in total. The van der Waals surface area contributed by atoms with Crippen molar-refractivity contribution in [2.24, 2.45) is 11.8 Å². The van der Waals surface area contributed by atoms with Gasteiger partial charge in [0.15, 0.2) is 17.5 Å². The minimum atomic E-state index is -1.57. The highest BCUT2D eigenvalue weighted by Crippen LogP contribution is 2.41. The van der Waals surface area contributed by atoms with Crippen molar-refractivity contribution in [1.82, 2.24) is 0 Å². The standard InChI is InChI=1S/C18H22BrF3O/c1-3-4-11-5-7-12(8-6-11)10(2)18(23)15-13(19)9-14(20)16(21)17(15)22/h9,11-12,18,23H,2-8H2,1H3. The van der Waals surface area contributed by atoms with Gasteiger partial charge in [0.05, 0.1) is 0 Å². The maximum absolute atomic E-state index is 14.0.